The van der Waals surface area contributed by atoms with Crippen LogP contribution in [-0.2, 0) is 6.18 Å². The molecule has 45 heavy (non-hydrogen) atoms. The number of benzene rings is 1. The molecule has 2 N–H and O–H groups in total. The first-order valence-corrected chi connectivity index (χ1v) is 15.0. The molecule has 15 heteroatoms. The number of thiazole rings is 1. The lowest BCUT2D eigenvalue weighted by atomic mass is 9.97. The van der Waals surface area contributed by atoms with Crippen LogP contribution < -0.4 is 16.2 Å². The van der Waals surface area contributed by atoms with E-state index in [0.29, 0.717) is 15.8 Å². The van der Waals surface area contributed by atoms with Crippen LogP contribution in [0.5, 0.6) is 0 Å². The number of aromatic nitrogens is 2. The number of likely N-dealkylation sites (N-methyl/N-ethyl adjacent to an activating group) is 1. The molecule has 4 heterocycles. The van der Waals surface area contributed by atoms with Crippen molar-refractivity contribution in [2.75, 3.05) is 38.1 Å². The molecule has 0 unspecified atom stereocenters. The number of halogens is 5. The number of primary amides is 1. The van der Waals surface area contributed by atoms with E-state index < -0.39 is 57.6 Å². The van der Waals surface area contributed by atoms with Crippen molar-refractivity contribution in [1.82, 2.24) is 19.4 Å². The zero-order chi connectivity index (χ0) is 33.0. The van der Waals surface area contributed by atoms with Crippen LogP contribution in [0, 0.1) is 18.6 Å². The third-order valence-electron chi connectivity index (χ3n) is 8.34. The summed E-state index contributed by atoms with van der Waals surface area (Å²) in [7, 11) is 1.90. The number of hydrogen-bond donors (Lipinski definition) is 1. The lowest BCUT2D eigenvalue weighted by Gasteiger charge is -2.44. The van der Waals surface area contributed by atoms with Crippen molar-refractivity contribution >= 4 is 34.4 Å². The molecule has 0 spiro atoms. The van der Waals surface area contributed by atoms with Gasteiger partial charge in [0.15, 0.2) is 5.82 Å². The molecule has 1 fully saturated rings. The fraction of sp³-hybridized carbons (Fsp3) is 0.400. The maximum Gasteiger partial charge on any atom is 0.417 e. The van der Waals surface area contributed by atoms with Gasteiger partial charge in [-0.05, 0) is 39.8 Å². The van der Waals surface area contributed by atoms with E-state index in [-0.39, 0.29) is 67.7 Å². The first-order valence-electron chi connectivity index (χ1n) is 14.1. The lowest BCUT2D eigenvalue weighted by Crippen LogP contribution is -2.55. The number of carbonyl (C=O) groups is 2. The normalized spacial score (nSPS) is 19.5. The summed E-state index contributed by atoms with van der Waals surface area (Å²) in [5.74, 6) is -4.12. The predicted octanol–water partition coefficient (Wildman–Crippen LogP) is 4.46. The molecule has 2 atom stereocenters. The zero-order valence-corrected chi connectivity index (χ0v) is 25.7. The quantitative estimate of drug-likeness (QED) is 0.410. The van der Waals surface area contributed by atoms with Crippen LogP contribution in [-0.4, -0.2) is 76.5 Å². The number of anilines is 1. The SMILES string of the molecule is Cc1nc(C(=O)N2CCC=C(c3c(F)cc(N4C[C@@H](C)N(C)[C@@H](C)C4)c(-n4cc(C(N)=O)c(C(F)(F)F)cc4=O)c3F)C2)cs1. The second-order valence-electron chi connectivity index (χ2n) is 11.4. The smallest absolute Gasteiger partial charge is 0.367 e. The summed E-state index contributed by atoms with van der Waals surface area (Å²) in [6, 6.07) is 1.04. The molecule has 2 aliphatic heterocycles. The number of hydrogen-bond acceptors (Lipinski definition) is 7. The van der Waals surface area contributed by atoms with Crippen LogP contribution in [0.15, 0.2) is 34.6 Å². The Morgan fingerprint density at radius 1 is 1.11 bits per heavy atom. The van der Waals surface area contributed by atoms with Gasteiger partial charge in [0, 0.05) is 62.0 Å². The highest BCUT2D eigenvalue weighted by atomic mass is 32.1. The number of nitrogens with two attached hydrogens (primary N) is 1. The van der Waals surface area contributed by atoms with Gasteiger partial charge in [0.25, 0.3) is 17.4 Å². The lowest BCUT2D eigenvalue weighted by molar-refractivity contribution is -0.138. The Bertz CT molecular complexity index is 1760. The van der Waals surface area contributed by atoms with Crippen molar-refractivity contribution in [3.63, 3.8) is 0 Å². The number of carbonyl (C=O) groups excluding carboxylic acids is 2. The van der Waals surface area contributed by atoms with E-state index in [1.807, 2.05) is 20.9 Å². The van der Waals surface area contributed by atoms with Gasteiger partial charge in [0.2, 0.25) is 0 Å². The first kappa shape index (κ1) is 32.3. The molecule has 1 aromatic carbocycles. The van der Waals surface area contributed by atoms with Crippen LogP contribution in [0.4, 0.5) is 27.6 Å². The molecule has 0 aliphatic carbocycles. The Morgan fingerprint density at radius 3 is 2.36 bits per heavy atom. The van der Waals surface area contributed by atoms with E-state index in [1.54, 1.807) is 23.3 Å². The van der Waals surface area contributed by atoms with Crippen LogP contribution in [0.1, 0.15) is 57.2 Å². The standard InChI is InChI=1S/C30H31F5N6O3S/c1-15-10-40(11-16(2)38(15)4)23-9-21(31)25(18-6-5-7-39(12-18)29(44)22-14-45-17(3)37-22)26(32)27(23)41-13-19(28(36)43)20(8-24(41)42)30(33,34)35/h6,8-9,13-16H,5,7,10-12H2,1-4H3,(H2,36,43)/t15-,16+. The van der Waals surface area contributed by atoms with Crippen LogP contribution in [0.3, 0.4) is 0 Å². The maximum atomic E-state index is 16.9. The molecular formula is C30H31F5N6O3S. The highest BCUT2D eigenvalue weighted by Crippen LogP contribution is 2.38. The van der Waals surface area contributed by atoms with Gasteiger partial charge < -0.3 is 15.5 Å². The number of amides is 2. The average Bonchev–Trinajstić information content (AvgIpc) is 3.41. The number of pyridine rings is 1. The molecular weight excluding hydrogens is 619 g/mol. The fourth-order valence-corrected chi connectivity index (χ4v) is 6.41. The summed E-state index contributed by atoms with van der Waals surface area (Å²) in [4.78, 5) is 47.8. The number of aryl methyl sites for hydroxylation is 1. The predicted molar refractivity (Wildman–Crippen MR) is 160 cm³/mol. The van der Waals surface area contributed by atoms with Gasteiger partial charge in [-0.25, -0.2) is 13.8 Å². The molecule has 3 aromatic rings. The minimum absolute atomic E-state index is 0.0832. The van der Waals surface area contributed by atoms with E-state index in [9.17, 15) is 27.6 Å². The van der Waals surface area contributed by atoms with Crippen LogP contribution in [0.25, 0.3) is 11.3 Å². The topological polar surface area (TPSA) is 105 Å². The summed E-state index contributed by atoms with van der Waals surface area (Å²) in [6.07, 6.45) is -2.71. The maximum absolute atomic E-state index is 16.9. The van der Waals surface area contributed by atoms with Gasteiger partial charge in [-0.1, -0.05) is 6.08 Å². The van der Waals surface area contributed by atoms with Gasteiger partial charge in [0.05, 0.1) is 27.4 Å². The number of alkyl halides is 3. The second kappa shape index (κ2) is 12.0. The van der Waals surface area contributed by atoms with Crippen molar-refractivity contribution in [3.05, 3.63) is 79.2 Å². The molecule has 2 amide bonds. The summed E-state index contributed by atoms with van der Waals surface area (Å²) < 4.78 is 74.7. The first-order chi connectivity index (χ1) is 21.1. The number of rotatable bonds is 5. The largest absolute Gasteiger partial charge is 0.417 e. The van der Waals surface area contributed by atoms with Gasteiger partial charge in [-0.2, -0.15) is 13.2 Å². The molecule has 0 saturated carbocycles. The molecule has 240 valence electrons. The summed E-state index contributed by atoms with van der Waals surface area (Å²) >= 11 is 1.28. The molecule has 2 aliphatic rings. The zero-order valence-electron chi connectivity index (χ0n) is 24.9. The Kier molecular flexibility index (Phi) is 8.61. The van der Waals surface area contributed by atoms with Gasteiger partial charge in [-0.15, -0.1) is 11.3 Å². The van der Waals surface area contributed by atoms with Crippen molar-refractivity contribution < 1.29 is 31.5 Å². The Morgan fingerprint density at radius 2 is 1.78 bits per heavy atom. The molecule has 0 radical (unpaired) electrons. The van der Waals surface area contributed by atoms with E-state index >= 15 is 8.78 Å². The fourth-order valence-electron chi connectivity index (χ4n) is 5.82. The van der Waals surface area contributed by atoms with E-state index in [1.165, 1.54) is 16.2 Å². The molecule has 1 saturated heterocycles. The number of piperazine rings is 1. The monoisotopic (exact) mass is 650 g/mol. The highest BCUT2D eigenvalue weighted by Gasteiger charge is 2.38. The second-order valence-corrected chi connectivity index (χ2v) is 12.4. The summed E-state index contributed by atoms with van der Waals surface area (Å²) in [5.41, 5.74) is 0.510. The number of nitrogens with zero attached hydrogens (tertiary/aromatic N) is 5. The summed E-state index contributed by atoms with van der Waals surface area (Å²) in [5, 5.41) is 2.27. The Balaban J connectivity index is 1.70. The van der Waals surface area contributed by atoms with Crippen LogP contribution >= 0.6 is 11.3 Å². The van der Waals surface area contributed by atoms with E-state index in [2.05, 4.69) is 9.88 Å². The molecule has 9 nitrogen and oxygen atoms in total. The van der Waals surface area contributed by atoms with Gasteiger partial charge in [0.1, 0.15) is 17.2 Å². The minimum atomic E-state index is -5.10. The minimum Gasteiger partial charge on any atom is -0.367 e. The molecule has 5 rings (SSSR count). The average molecular weight is 651 g/mol. The highest BCUT2D eigenvalue weighted by molar-refractivity contribution is 7.09. The van der Waals surface area contributed by atoms with Crippen molar-refractivity contribution in [2.45, 2.75) is 45.5 Å². The third kappa shape index (κ3) is 6.10. The van der Waals surface area contributed by atoms with Gasteiger partial charge in [-0.3, -0.25) is 23.9 Å². The van der Waals surface area contributed by atoms with Crippen molar-refractivity contribution in [1.29, 1.82) is 0 Å². The van der Waals surface area contributed by atoms with Gasteiger partial charge >= 0.3 is 6.18 Å². The summed E-state index contributed by atoms with van der Waals surface area (Å²) in [6.45, 7) is 6.20. The van der Waals surface area contributed by atoms with Crippen LogP contribution in [0.2, 0.25) is 0 Å². The Labute approximate surface area is 259 Å². The molecule has 0 bridgehead atoms. The van der Waals surface area contributed by atoms with Crippen molar-refractivity contribution in [3.8, 4) is 5.69 Å². The third-order valence-corrected chi connectivity index (χ3v) is 9.11. The van der Waals surface area contributed by atoms with E-state index in [0.717, 1.165) is 6.07 Å². The molecule has 2 aromatic heterocycles. The van der Waals surface area contributed by atoms with Crippen molar-refractivity contribution in [2.24, 2.45) is 5.73 Å². The van der Waals surface area contributed by atoms with E-state index in [4.69, 9.17) is 5.73 Å². The Hall–Kier alpha value is -4.11.